The zero-order valence-electron chi connectivity index (χ0n) is 10.1. The molecule has 0 fully saturated rings. The minimum Gasteiger partial charge on any atom is -0.279 e. The van der Waals surface area contributed by atoms with E-state index in [9.17, 15) is 0 Å². The Morgan fingerprint density at radius 2 is 1.42 bits per heavy atom. The summed E-state index contributed by atoms with van der Waals surface area (Å²) >= 11 is 11.6. The largest absolute Gasteiger partial charge is 0.279 e. The Labute approximate surface area is 122 Å². The number of allylic oxidation sites excluding steroid dienone is 1. The average molecular weight is 291 g/mol. The highest BCUT2D eigenvalue weighted by molar-refractivity contribution is 6.30. The van der Waals surface area contributed by atoms with Gasteiger partial charge in [0.1, 0.15) is 0 Å². The number of halogens is 2. The lowest BCUT2D eigenvalue weighted by molar-refractivity contribution is 1.36. The highest BCUT2D eigenvalue weighted by Crippen LogP contribution is 2.13. The van der Waals surface area contributed by atoms with E-state index < -0.39 is 0 Å². The van der Waals surface area contributed by atoms with E-state index in [1.54, 1.807) is 6.21 Å². The molecule has 0 spiro atoms. The van der Waals surface area contributed by atoms with Crippen molar-refractivity contribution in [1.29, 1.82) is 0 Å². The molecule has 2 nitrogen and oxygen atoms in total. The van der Waals surface area contributed by atoms with Gasteiger partial charge >= 0.3 is 0 Å². The van der Waals surface area contributed by atoms with Crippen LogP contribution < -0.4 is 5.43 Å². The number of hydrazone groups is 1. The third-order valence-corrected chi connectivity index (χ3v) is 2.86. The molecule has 2 aromatic rings. The van der Waals surface area contributed by atoms with Crippen molar-refractivity contribution in [1.82, 2.24) is 0 Å². The SMILES string of the molecule is Clc1ccc(C=CC=NNc2ccc(Cl)cc2)cc1. The molecule has 4 heteroatoms. The van der Waals surface area contributed by atoms with Crippen LogP contribution >= 0.6 is 23.2 Å². The molecular weight excluding hydrogens is 279 g/mol. The lowest BCUT2D eigenvalue weighted by atomic mass is 10.2. The molecule has 19 heavy (non-hydrogen) atoms. The summed E-state index contributed by atoms with van der Waals surface area (Å²) < 4.78 is 0. The first-order chi connectivity index (χ1) is 9.24. The molecule has 2 aromatic carbocycles. The predicted octanol–water partition coefficient (Wildman–Crippen LogP) is 5.10. The predicted molar refractivity (Wildman–Crippen MR) is 84.1 cm³/mol. The van der Waals surface area contributed by atoms with Crippen LogP contribution in [0.25, 0.3) is 6.08 Å². The van der Waals surface area contributed by atoms with E-state index >= 15 is 0 Å². The van der Waals surface area contributed by atoms with Gasteiger partial charge in [-0.1, -0.05) is 41.4 Å². The molecule has 0 unspecified atom stereocenters. The summed E-state index contributed by atoms with van der Waals surface area (Å²) in [7, 11) is 0. The minimum absolute atomic E-state index is 0.706. The number of hydrogen-bond acceptors (Lipinski definition) is 2. The third kappa shape index (κ3) is 4.78. The molecule has 1 N–H and O–H groups in total. The summed E-state index contributed by atoms with van der Waals surface area (Å²) in [5.41, 5.74) is 4.87. The Kier molecular flexibility index (Phi) is 5.01. The van der Waals surface area contributed by atoms with Crippen LogP contribution in [0.1, 0.15) is 5.56 Å². The van der Waals surface area contributed by atoms with Crippen molar-refractivity contribution in [2.45, 2.75) is 0 Å². The molecule has 0 aromatic heterocycles. The highest BCUT2D eigenvalue weighted by atomic mass is 35.5. The van der Waals surface area contributed by atoms with E-state index in [-0.39, 0.29) is 0 Å². The van der Waals surface area contributed by atoms with Crippen LogP contribution in [0, 0.1) is 0 Å². The number of nitrogens with one attached hydrogen (secondary N) is 1. The van der Waals surface area contributed by atoms with Crippen molar-refractivity contribution >= 4 is 41.2 Å². The van der Waals surface area contributed by atoms with Crippen molar-refractivity contribution in [3.05, 3.63) is 70.2 Å². The molecule has 0 amide bonds. The topological polar surface area (TPSA) is 24.4 Å². The van der Waals surface area contributed by atoms with Crippen LogP contribution in [0.15, 0.2) is 59.7 Å². The quantitative estimate of drug-likeness (QED) is 0.614. The van der Waals surface area contributed by atoms with Crippen LogP contribution in [-0.2, 0) is 0 Å². The molecule has 0 radical (unpaired) electrons. The molecule has 0 aliphatic rings. The molecule has 0 heterocycles. The monoisotopic (exact) mass is 290 g/mol. The Morgan fingerprint density at radius 3 is 2.05 bits per heavy atom. The highest BCUT2D eigenvalue weighted by Gasteiger charge is 1.88. The van der Waals surface area contributed by atoms with Crippen molar-refractivity contribution in [3.63, 3.8) is 0 Å². The fraction of sp³-hybridized carbons (Fsp3) is 0. The first-order valence-corrected chi connectivity index (χ1v) is 6.46. The van der Waals surface area contributed by atoms with Gasteiger partial charge < -0.3 is 0 Å². The van der Waals surface area contributed by atoms with Crippen LogP contribution in [0.3, 0.4) is 0 Å². The van der Waals surface area contributed by atoms with Gasteiger partial charge in [-0.25, -0.2) is 0 Å². The van der Waals surface area contributed by atoms with E-state index in [2.05, 4.69) is 10.5 Å². The maximum absolute atomic E-state index is 5.80. The average Bonchev–Trinajstić information content (AvgIpc) is 2.43. The van der Waals surface area contributed by atoms with Crippen molar-refractivity contribution < 1.29 is 0 Å². The van der Waals surface area contributed by atoms with Gasteiger partial charge in [0.05, 0.1) is 5.69 Å². The first-order valence-electron chi connectivity index (χ1n) is 5.71. The Balaban J connectivity index is 1.86. The van der Waals surface area contributed by atoms with Gasteiger partial charge in [0.2, 0.25) is 0 Å². The van der Waals surface area contributed by atoms with E-state index in [0.717, 1.165) is 16.3 Å². The van der Waals surface area contributed by atoms with Crippen LogP contribution in [0.4, 0.5) is 5.69 Å². The summed E-state index contributed by atoms with van der Waals surface area (Å²) in [5.74, 6) is 0. The summed E-state index contributed by atoms with van der Waals surface area (Å²) in [6, 6.07) is 14.9. The lowest BCUT2D eigenvalue weighted by Gasteiger charge is -1.98. The van der Waals surface area contributed by atoms with Gasteiger partial charge in [-0.05, 0) is 48.0 Å². The molecule has 2 rings (SSSR count). The van der Waals surface area contributed by atoms with Gasteiger partial charge in [0.15, 0.2) is 0 Å². The second kappa shape index (κ2) is 6.98. The number of nitrogens with zero attached hydrogens (tertiary/aromatic N) is 1. The maximum Gasteiger partial charge on any atom is 0.0562 e. The van der Waals surface area contributed by atoms with Crippen LogP contribution in [0.2, 0.25) is 10.0 Å². The number of benzene rings is 2. The summed E-state index contributed by atoms with van der Waals surface area (Å²) in [5, 5.41) is 5.51. The third-order valence-electron chi connectivity index (χ3n) is 2.36. The van der Waals surface area contributed by atoms with Crippen LogP contribution in [-0.4, -0.2) is 6.21 Å². The Morgan fingerprint density at radius 1 is 0.842 bits per heavy atom. The second-order valence-electron chi connectivity index (χ2n) is 3.81. The van der Waals surface area contributed by atoms with Crippen LogP contribution in [0.5, 0.6) is 0 Å². The Hall–Kier alpha value is -1.77. The smallest absolute Gasteiger partial charge is 0.0562 e. The number of hydrogen-bond donors (Lipinski definition) is 1. The molecule has 0 aliphatic heterocycles. The molecule has 0 saturated carbocycles. The van der Waals surface area contributed by atoms with E-state index in [4.69, 9.17) is 23.2 Å². The Bertz CT molecular complexity index is 572. The zero-order chi connectivity index (χ0) is 13.5. The first kappa shape index (κ1) is 13.7. The fourth-order valence-corrected chi connectivity index (χ4v) is 1.66. The van der Waals surface area contributed by atoms with Crippen molar-refractivity contribution in [3.8, 4) is 0 Å². The van der Waals surface area contributed by atoms with Crippen molar-refractivity contribution in [2.75, 3.05) is 5.43 Å². The zero-order valence-corrected chi connectivity index (χ0v) is 11.6. The number of rotatable bonds is 4. The summed E-state index contributed by atoms with van der Waals surface area (Å²) in [6.07, 6.45) is 5.48. The lowest BCUT2D eigenvalue weighted by Crippen LogP contribution is -1.87. The number of anilines is 1. The maximum atomic E-state index is 5.80. The normalized spacial score (nSPS) is 11.3. The van der Waals surface area contributed by atoms with Gasteiger partial charge in [0, 0.05) is 16.3 Å². The molecule has 0 bridgehead atoms. The van der Waals surface area contributed by atoms with Crippen molar-refractivity contribution in [2.24, 2.45) is 5.10 Å². The summed E-state index contributed by atoms with van der Waals surface area (Å²) in [4.78, 5) is 0. The fourth-order valence-electron chi connectivity index (χ4n) is 1.41. The standard InChI is InChI=1S/C15H12Cl2N2/c16-13-5-3-12(4-6-13)2-1-11-18-19-15-9-7-14(17)8-10-15/h1-11,19H. The van der Waals surface area contributed by atoms with Gasteiger partial charge in [0.25, 0.3) is 0 Å². The van der Waals surface area contributed by atoms with Gasteiger partial charge in [-0.2, -0.15) is 5.10 Å². The van der Waals surface area contributed by atoms with Gasteiger partial charge in [-0.3, -0.25) is 5.43 Å². The molecule has 0 atom stereocenters. The van der Waals surface area contributed by atoms with E-state index in [1.165, 1.54) is 0 Å². The van der Waals surface area contributed by atoms with Gasteiger partial charge in [-0.15, -0.1) is 0 Å². The molecular formula is C15H12Cl2N2. The molecule has 96 valence electrons. The minimum atomic E-state index is 0.706. The molecule has 0 saturated heterocycles. The van der Waals surface area contributed by atoms with E-state index in [1.807, 2.05) is 60.7 Å². The summed E-state index contributed by atoms with van der Waals surface area (Å²) in [6.45, 7) is 0. The molecule has 0 aliphatic carbocycles. The van der Waals surface area contributed by atoms with E-state index in [0.29, 0.717) is 5.02 Å². The second-order valence-corrected chi connectivity index (χ2v) is 4.68.